The highest BCUT2D eigenvalue weighted by Gasteiger charge is 2.41. The van der Waals surface area contributed by atoms with Crippen LogP contribution in [-0.4, -0.2) is 54.7 Å². The summed E-state index contributed by atoms with van der Waals surface area (Å²) < 4.78 is 10.4. The third-order valence-corrected chi connectivity index (χ3v) is 8.83. The lowest BCUT2D eigenvalue weighted by atomic mass is 9.77. The average molecular weight is 477 g/mol. The molecule has 0 unspecified atom stereocenters. The number of β-amino-alcohol motifs (C(OH)–C–C–N with tert-alkyl or cyclic N) is 1. The van der Waals surface area contributed by atoms with Gasteiger partial charge in [-0.1, -0.05) is 6.07 Å². The largest absolute Gasteiger partial charge is 0.457 e. The van der Waals surface area contributed by atoms with Gasteiger partial charge in [0.15, 0.2) is 0 Å². The number of anilines is 1. The number of benzene rings is 2. The topological polar surface area (TPSA) is 79.3 Å². The fourth-order valence-electron chi connectivity index (χ4n) is 6.51. The van der Waals surface area contributed by atoms with Crippen LogP contribution in [0.2, 0.25) is 0 Å². The first-order valence-corrected chi connectivity index (χ1v) is 12.6. The first-order valence-electron chi connectivity index (χ1n) is 12.6. The Bertz CT molecular complexity index is 1210. The van der Waals surface area contributed by atoms with E-state index < -0.39 is 6.10 Å². The fourth-order valence-corrected chi connectivity index (χ4v) is 6.51. The van der Waals surface area contributed by atoms with E-state index in [9.17, 15) is 14.7 Å². The third-order valence-electron chi connectivity index (χ3n) is 8.83. The molecule has 1 N–H and O–H groups in total. The Kier molecular flexibility index (Phi) is 5.38. The molecule has 4 heterocycles. The molecule has 0 bridgehead atoms. The molecule has 184 valence electrons. The van der Waals surface area contributed by atoms with Crippen molar-refractivity contribution in [2.45, 2.75) is 52.4 Å². The van der Waals surface area contributed by atoms with Crippen LogP contribution >= 0.6 is 0 Å². The normalized spacial score (nSPS) is 21.7. The Morgan fingerprint density at radius 3 is 2.17 bits per heavy atom. The van der Waals surface area contributed by atoms with E-state index in [4.69, 9.17) is 9.47 Å². The van der Waals surface area contributed by atoms with Crippen molar-refractivity contribution in [3.63, 3.8) is 0 Å². The molecule has 6 rings (SSSR count). The molecule has 35 heavy (non-hydrogen) atoms. The van der Waals surface area contributed by atoms with Crippen LogP contribution in [0, 0.1) is 19.3 Å². The highest BCUT2D eigenvalue weighted by molar-refractivity contribution is 5.95. The predicted octanol–water partition coefficient (Wildman–Crippen LogP) is 3.67. The van der Waals surface area contributed by atoms with Crippen LogP contribution in [0.5, 0.6) is 0 Å². The van der Waals surface area contributed by atoms with Gasteiger partial charge in [-0.05, 0) is 86.5 Å². The van der Waals surface area contributed by atoms with E-state index in [2.05, 4.69) is 22.8 Å². The molecule has 1 atom stereocenters. The summed E-state index contributed by atoms with van der Waals surface area (Å²) >= 11 is 0. The molecule has 0 aromatic heterocycles. The number of ether oxygens (including phenoxy) is 2. The highest BCUT2D eigenvalue weighted by atomic mass is 16.5. The van der Waals surface area contributed by atoms with E-state index in [1.807, 2.05) is 19.1 Å². The second-order valence-electron chi connectivity index (χ2n) is 10.7. The number of nitrogens with zero attached hydrogens (tertiary/aromatic N) is 2. The number of likely N-dealkylation sites (tertiary alicyclic amines) is 1. The minimum absolute atomic E-state index is 0.209. The van der Waals surface area contributed by atoms with Crippen molar-refractivity contribution in [3.05, 3.63) is 63.2 Å². The zero-order valence-corrected chi connectivity index (χ0v) is 20.4. The summed E-state index contributed by atoms with van der Waals surface area (Å²) in [4.78, 5) is 28.6. The number of rotatable bonds is 4. The Morgan fingerprint density at radius 1 is 0.886 bits per heavy atom. The fraction of sp³-hybridized carbons (Fsp3) is 0.500. The van der Waals surface area contributed by atoms with Crippen molar-refractivity contribution in [1.82, 2.24) is 4.90 Å². The Labute approximate surface area is 205 Å². The second-order valence-corrected chi connectivity index (χ2v) is 10.7. The van der Waals surface area contributed by atoms with Gasteiger partial charge in [0, 0.05) is 36.4 Å². The van der Waals surface area contributed by atoms with E-state index >= 15 is 0 Å². The summed E-state index contributed by atoms with van der Waals surface area (Å²) in [7, 11) is 0. The Hall–Kier alpha value is -2.90. The quantitative estimate of drug-likeness (QED) is 0.675. The number of carbonyl (C=O) groups excluding carboxylic acids is 2. The van der Waals surface area contributed by atoms with Crippen molar-refractivity contribution in [2.75, 3.05) is 37.6 Å². The first kappa shape index (κ1) is 22.6. The summed E-state index contributed by atoms with van der Waals surface area (Å²) in [6.45, 7) is 9.39. The maximum absolute atomic E-state index is 11.9. The third kappa shape index (κ3) is 3.72. The highest BCUT2D eigenvalue weighted by Crippen LogP contribution is 2.44. The van der Waals surface area contributed by atoms with Crippen LogP contribution in [0.3, 0.4) is 0 Å². The molecule has 0 amide bonds. The predicted molar refractivity (Wildman–Crippen MR) is 130 cm³/mol. The molecule has 2 aromatic carbocycles. The number of aliphatic hydroxyl groups is 1. The van der Waals surface area contributed by atoms with Gasteiger partial charge in [0.25, 0.3) is 0 Å². The lowest BCUT2D eigenvalue weighted by Gasteiger charge is -2.40. The van der Waals surface area contributed by atoms with Gasteiger partial charge in [0.1, 0.15) is 13.2 Å². The molecule has 4 aliphatic rings. The van der Waals surface area contributed by atoms with Gasteiger partial charge in [0.05, 0.1) is 17.2 Å². The van der Waals surface area contributed by atoms with E-state index in [0.717, 1.165) is 61.3 Å². The zero-order chi connectivity index (χ0) is 24.3. The molecule has 0 aliphatic carbocycles. The maximum atomic E-state index is 11.9. The summed E-state index contributed by atoms with van der Waals surface area (Å²) in [6.07, 6.45) is 2.83. The van der Waals surface area contributed by atoms with Crippen LogP contribution in [0.1, 0.15) is 73.9 Å². The SMILES string of the molecule is Cc1c([C@@H](O)CN2CCC3(CC2)CCN(c2ccc4c(c2C)COC4=O)C3)ccc2c1COC2=O. The van der Waals surface area contributed by atoms with E-state index in [0.29, 0.717) is 36.3 Å². The molecule has 2 fully saturated rings. The number of hydrogen-bond donors (Lipinski definition) is 1. The number of esters is 2. The van der Waals surface area contributed by atoms with Gasteiger partial charge in [-0.25, -0.2) is 9.59 Å². The molecule has 7 heteroatoms. The lowest BCUT2D eigenvalue weighted by Crippen LogP contribution is -2.43. The van der Waals surface area contributed by atoms with Crippen molar-refractivity contribution in [2.24, 2.45) is 5.41 Å². The number of cyclic esters (lactones) is 2. The average Bonchev–Trinajstić information content (AvgIpc) is 3.55. The molecule has 2 aromatic rings. The van der Waals surface area contributed by atoms with Crippen molar-refractivity contribution in [1.29, 1.82) is 0 Å². The Balaban J connectivity index is 1.09. The van der Waals surface area contributed by atoms with Gasteiger partial charge >= 0.3 is 11.9 Å². The van der Waals surface area contributed by atoms with Crippen LogP contribution < -0.4 is 4.90 Å². The summed E-state index contributed by atoms with van der Waals surface area (Å²) in [5.74, 6) is -0.480. The molecular formula is C28H32N2O5. The smallest absolute Gasteiger partial charge is 0.338 e. The minimum Gasteiger partial charge on any atom is -0.457 e. The van der Waals surface area contributed by atoms with Crippen LogP contribution in [-0.2, 0) is 22.7 Å². The molecule has 0 radical (unpaired) electrons. The van der Waals surface area contributed by atoms with Crippen LogP contribution in [0.4, 0.5) is 5.69 Å². The molecule has 0 saturated carbocycles. The molecule has 1 spiro atoms. The maximum Gasteiger partial charge on any atom is 0.338 e. The second kappa shape index (κ2) is 8.35. The Morgan fingerprint density at radius 2 is 1.49 bits per heavy atom. The minimum atomic E-state index is -0.580. The molecule has 4 aliphatic heterocycles. The van der Waals surface area contributed by atoms with Crippen molar-refractivity contribution >= 4 is 17.6 Å². The number of carbonyl (C=O) groups is 2. The number of aliphatic hydroxyl groups excluding tert-OH is 1. The molecular weight excluding hydrogens is 444 g/mol. The van der Waals surface area contributed by atoms with E-state index in [1.54, 1.807) is 6.07 Å². The lowest BCUT2D eigenvalue weighted by molar-refractivity contribution is 0.0525. The van der Waals surface area contributed by atoms with Gasteiger partial charge in [-0.2, -0.15) is 0 Å². The number of fused-ring (bicyclic) bond motifs is 2. The van der Waals surface area contributed by atoms with Gasteiger partial charge in [0.2, 0.25) is 0 Å². The van der Waals surface area contributed by atoms with E-state index in [-0.39, 0.29) is 11.9 Å². The summed E-state index contributed by atoms with van der Waals surface area (Å²) in [5.41, 5.74) is 7.85. The van der Waals surface area contributed by atoms with Gasteiger partial charge < -0.3 is 24.4 Å². The summed E-state index contributed by atoms with van der Waals surface area (Å²) in [5, 5.41) is 11.0. The number of piperidine rings is 1. The standard InChI is InChI=1S/C28H32N2O5/c1-17-19(3-4-20-22(17)14-34-26(20)32)25(31)13-29-10-7-28(8-11-29)9-12-30(16-28)24-6-5-21-23(18(24)2)15-35-27(21)33/h3-6,25,31H,7-16H2,1-2H3/t25-/m0/s1. The van der Waals surface area contributed by atoms with Crippen molar-refractivity contribution < 1.29 is 24.2 Å². The van der Waals surface area contributed by atoms with Gasteiger partial charge in [-0.15, -0.1) is 0 Å². The van der Waals surface area contributed by atoms with E-state index in [1.165, 1.54) is 17.7 Å². The zero-order valence-electron chi connectivity index (χ0n) is 20.4. The van der Waals surface area contributed by atoms with Crippen molar-refractivity contribution in [3.8, 4) is 0 Å². The van der Waals surface area contributed by atoms with Crippen LogP contribution in [0.25, 0.3) is 0 Å². The van der Waals surface area contributed by atoms with Crippen LogP contribution in [0.15, 0.2) is 24.3 Å². The monoisotopic (exact) mass is 476 g/mol. The summed E-state index contributed by atoms with van der Waals surface area (Å²) in [6, 6.07) is 7.68. The van der Waals surface area contributed by atoms with Gasteiger partial charge in [-0.3, -0.25) is 0 Å². The molecule has 2 saturated heterocycles. The molecule has 7 nitrogen and oxygen atoms in total. The first-order chi connectivity index (χ1) is 16.8. The number of hydrogen-bond acceptors (Lipinski definition) is 7.